The summed E-state index contributed by atoms with van der Waals surface area (Å²) in [4.78, 5) is 30.4. The second kappa shape index (κ2) is 12.8. The zero-order valence-electron chi connectivity index (χ0n) is 26.1. The van der Waals surface area contributed by atoms with E-state index < -0.39 is 41.3 Å². The first kappa shape index (κ1) is 32.4. The van der Waals surface area contributed by atoms with Gasteiger partial charge in [0.2, 0.25) is 11.6 Å². The van der Waals surface area contributed by atoms with E-state index in [-0.39, 0.29) is 46.9 Å². The molecule has 2 N–H and O–H groups in total. The van der Waals surface area contributed by atoms with Crippen molar-refractivity contribution in [3.05, 3.63) is 44.7 Å². The molecule has 4 atom stereocenters. The Labute approximate surface area is 262 Å². The number of fused-ring (bicyclic) bond motifs is 4. The number of hydrogen-bond donors (Lipinski definition) is 2. The van der Waals surface area contributed by atoms with Crippen molar-refractivity contribution in [3.8, 4) is 11.6 Å². The number of hydrogen-bond acceptors (Lipinski definition) is 11. The fourth-order valence-electron chi connectivity index (χ4n) is 6.85. The van der Waals surface area contributed by atoms with Gasteiger partial charge in [-0.3, -0.25) is 14.5 Å². The second-order valence-electron chi connectivity index (χ2n) is 11.9. The number of methoxy groups -OCH3 is 2. The quantitative estimate of drug-likeness (QED) is 0.180. The van der Waals surface area contributed by atoms with Gasteiger partial charge in [0.15, 0.2) is 17.7 Å². The van der Waals surface area contributed by atoms with Crippen LogP contribution >= 0.6 is 11.6 Å². The van der Waals surface area contributed by atoms with E-state index >= 15 is 0 Å². The Kier molecular flexibility index (Phi) is 9.44. The molecule has 11 nitrogen and oxygen atoms in total. The summed E-state index contributed by atoms with van der Waals surface area (Å²) in [5, 5.41) is 28.4. The van der Waals surface area contributed by atoms with Crippen LogP contribution in [0.3, 0.4) is 0 Å². The van der Waals surface area contributed by atoms with Crippen LogP contribution in [0.5, 0.6) is 11.6 Å². The topological polar surface area (TPSA) is 141 Å². The summed E-state index contributed by atoms with van der Waals surface area (Å²) in [5.74, 6) is -2.98. The molecule has 0 radical (unpaired) electrons. The summed E-state index contributed by atoms with van der Waals surface area (Å²) < 4.78 is 28.5. The Morgan fingerprint density at radius 1 is 1.09 bits per heavy atom. The minimum atomic E-state index is -2.47. The zero-order valence-corrected chi connectivity index (χ0v) is 26.8. The van der Waals surface area contributed by atoms with E-state index in [9.17, 15) is 19.8 Å². The number of ketones is 2. The fourth-order valence-corrected chi connectivity index (χ4v) is 7.17. The van der Waals surface area contributed by atoms with E-state index in [1.54, 1.807) is 25.1 Å². The maximum atomic E-state index is 14.4. The zero-order chi connectivity index (χ0) is 31.9. The van der Waals surface area contributed by atoms with Gasteiger partial charge >= 0.3 is 0 Å². The maximum absolute atomic E-state index is 14.4. The van der Waals surface area contributed by atoms with Gasteiger partial charge in [0, 0.05) is 31.3 Å². The molecule has 1 aromatic heterocycles. The van der Waals surface area contributed by atoms with Crippen molar-refractivity contribution in [3.63, 3.8) is 0 Å². The van der Waals surface area contributed by atoms with Crippen LogP contribution in [0.4, 0.5) is 0 Å². The van der Waals surface area contributed by atoms with Gasteiger partial charge in [-0.05, 0) is 62.5 Å². The van der Waals surface area contributed by atoms with Gasteiger partial charge < -0.3 is 33.7 Å². The molecule has 240 valence electrons. The molecule has 2 aromatic rings. The normalized spacial score (nSPS) is 24.4. The van der Waals surface area contributed by atoms with Crippen LogP contribution in [0.25, 0.3) is 5.76 Å². The molecular weight excluding hydrogens is 592 g/mol. The lowest BCUT2D eigenvalue weighted by Crippen LogP contribution is -2.63. The first-order valence-corrected chi connectivity index (χ1v) is 15.5. The Morgan fingerprint density at radius 2 is 1.75 bits per heavy atom. The molecule has 3 aliphatic carbocycles. The van der Waals surface area contributed by atoms with Gasteiger partial charge in [-0.1, -0.05) is 38.3 Å². The monoisotopic (exact) mass is 632 g/mol. The number of aliphatic hydroxyl groups is 2. The number of unbranched alkanes of at least 4 members (excludes halogenated alkanes) is 2. The molecule has 0 spiro atoms. The minimum absolute atomic E-state index is 0.0188. The van der Waals surface area contributed by atoms with Crippen LogP contribution in [0.1, 0.15) is 91.1 Å². The highest BCUT2D eigenvalue weighted by atomic mass is 35.5. The number of aromatic nitrogens is 1. The summed E-state index contributed by atoms with van der Waals surface area (Å²) in [6, 6.07) is 0.979. The molecule has 1 fully saturated rings. The Balaban J connectivity index is 1.66. The van der Waals surface area contributed by atoms with Gasteiger partial charge in [0.05, 0.1) is 29.8 Å². The van der Waals surface area contributed by atoms with Crippen molar-refractivity contribution in [2.24, 2.45) is 11.8 Å². The van der Waals surface area contributed by atoms with Crippen molar-refractivity contribution in [2.75, 3.05) is 41.5 Å². The molecule has 44 heavy (non-hydrogen) atoms. The predicted molar refractivity (Wildman–Crippen MR) is 161 cm³/mol. The Hall–Kier alpha value is -2.96. The van der Waals surface area contributed by atoms with E-state index in [0.29, 0.717) is 35.1 Å². The Morgan fingerprint density at radius 3 is 2.36 bits per heavy atom. The molecule has 12 heteroatoms. The Bertz CT molecular complexity index is 1460. The first-order chi connectivity index (χ1) is 21.1. The second-order valence-corrected chi connectivity index (χ2v) is 12.3. The van der Waals surface area contributed by atoms with E-state index in [1.165, 1.54) is 14.2 Å². The fraction of sp³-hybridized carbons (Fsp3) is 0.594. The highest BCUT2D eigenvalue weighted by molar-refractivity contribution is 6.33. The number of aliphatic hydroxyl groups excluding tert-OH is 1. The number of rotatable bonds is 12. The molecule has 0 bridgehead atoms. The number of nitrogens with zero attached hydrogens (tertiary/aromatic N) is 2. The van der Waals surface area contributed by atoms with Crippen molar-refractivity contribution in [2.45, 2.75) is 70.3 Å². The van der Waals surface area contributed by atoms with Gasteiger partial charge in [-0.2, -0.15) is 0 Å². The number of Topliss-reactive ketones (excluding diaryl/α,β-unsaturated/α-hetero) is 2. The molecule has 3 aliphatic rings. The molecule has 1 aromatic carbocycles. The lowest BCUT2D eigenvalue weighted by atomic mass is 9.57. The number of carbonyl (C=O) groups is 2. The SMILES string of the molecule is CCCCOc1cc(C(OC)OC)c(Cl)c2c1C(O)=C1C(=O)[C@]3(O)C(=O)c4c(OCCCC)noc4[C@@H](N(C)C)[C@@H]3C[C@@H]1C2. The molecule has 5 rings (SSSR count). The summed E-state index contributed by atoms with van der Waals surface area (Å²) in [6.45, 7) is 4.69. The van der Waals surface area contributed by atoms with Gasteiger partial charge in [-0.15, -0.1) is 0 Å². The summed E-state index contributed by atoms with van der Waals surface area (Å²) >= 11 is 6.95. The number of ether oxygens (including phenoxy) is 4. The molecule has 0 unspecified atom stereocenters. The average molecular weight is 633 g/mol. The lowest BCUT2D eigenvalue weighted by molar-refractivity contribution is -0.142. The van der Waals surface area contributed by atoms with Gasteiger partial charge in [0.1, 0.15) is 17.1 Å². The van der Waals surface area contributed by atoms with Crippen LogP contribution in [0.15, 0.2) is 16.2 Å². The van der Waals surface area contributed by atoms with Crippen LogP contribution in [0, 0.1) is 11.8 Å². The summed E-state index contributed by atoms with van der Waals surface area (Å²) in [7, 11) is 6.56. The first-order valence-electron chi connectivity index (χ1n) is 15.1. The van der Waals surface area contributed by atoms with Crippen molar-refractivity contribution >= 4 is 28.9 Å². The van der Waals surface area contributed by atoms with E-state index in [0.717, 1.165) is 25.7 Å². The molecule has 1 heterocycles. The highest BCUT2D eigenvalue weighted by Gasteiger charge is 2.65. The summed E-state index contributed by atoms with van der Waals surface area (Å²) in [5.41, 5.74) is -1.16. The van der Waals surface area contributed by atoms with E-state index in [4.69, 9.17) is 35.1 Å². The van der Waals surface area contributed by atoms with Crippen molar-refractivity contribution in [1.29, 1.82) is 0 Å². The number of carbonyl (C=O) groups excluding carboxylic acids is 2. The highest BCUT2D eigenvalue weighted by Crippen LogP contribution is 2.57. The molecular formula is C32H41ClN2O9. The number of benzene rings is 1. The smallest absolute Gasteiger partial charge is 0.265 e. The average Bonchev–Trinajstić information content (AvgIpc) is 3.41. The maximum Gasteiger partial charge on any atom is 0.265 e. The molecule has 0 aliphatic heterocycles. The third kappa shape index (κ3) is 5.02. The van der Waals surface area contributed by atoms with Crippen LogP contribution in [0.2, 0.25) is 5.02 Å². The molecule has 0 amide bonds. The predicted octanol–water partition coefficient (Wildman–Crippen LogP) is 5.24. The minimum Gasteiger partial charge on any atom is -0.507 e. The van der Waals surface area contributed by atoms with Crippen molar-refractivity contribution in [1.82, 2.24) is 10.1 Å². The van der Waals surface area contributed by atoms with Crippen LogP contribution in [-0.4, -0.2) is 79.0 Å². The largest absolute Gasteiger partial charge is 0.507 e. The van der Waals surface area contributed by atoms with Crippen LogP contribution in [-0.2, 0) is 20.7 Å². The lowest BCUT2D eigenvalue weighted by Gasteiger charge is -2.49. The van der Waals surface area contributed by atoms with Crippen LogP contribution < -0.4 is 9.47 Å². The standard InChI is InChI=1S/C32H41ClN2O9/c1-7-9-11-42-20-15-18(31(40-5)41-6)24(33)17-13-16-14-19-25(35(3)4)27-23(30(34-44-27)43-12-10-8-2)29(38)32(19,39)28(37)21(16)26(36)22(17)20/h15-16,19,25,31,36,39H,7-14H2,1-6H3/t16-,19-,25-,32-/m0/s1. The number of halogens is 1. The molecule has 1 saturated carbocycles. The van der Waals surface area contributed by atoms with Gasteiger partial charge in [0.25, 0.3) is 5.88 Å². The third-order valence-electron chi connectivity index (χ3n) is 9.01. The van der Waals surface area contributed by atoms with E-state index in [1.807, 2.05) is 13.8 Å². The summed E-state index contributed by atoms with van der Waals surface area (Å²) in [6.07, 6.45) is 2.88. The van der Waals surface area contributed by atoms with Crippen molar-refractivity contribution < 1.29 is 43.3 Å². The molecule has 0 saturated heterocycles. The van der Waals surface area contributed by atoms with E-state index in [2.05, 4.69) is 5.16 Å². The third-order valence-corrected chi connectivity index (χ3v) is 9.46. The van der Waals surface area contributed by atoms with Gasteiger partial charge in [-0.25, -0.2) is 0 Å².